The van der Waals surface area contributed by atoms with Gasteiger partial charge in [-0.15, -0.1) is 0 Å². The molecule has 1 fully saturated rings. The van der Waals surface area contributed by atoms with Gasteiger partial charge in [0.05, 0.1) is 0 Å². The molecule has 0 amide bonds. The van der Waals surface area contributed by atoms with Crippen LogP contribution in [-0.2, 0) is 0 Å². The minimum absolute atomic E-state index is 0.0893. The third-order valence-corrected chi connectivity index (χ3v) is 4.39. The number of benzene rings is 1. The van der Waals surface area contributed by atoms with E-state index < -0.39 is 0 Å². The van der Waals surface area contributed by atoms with Crippen LogP contribution >= 0.6 is 0 Å². The molecule has 1 aromatic rings. The number of piperazine rings is 1. The summed E-state index contributed by atoms with van der Waals surface area (Å²) >= 11 is 0. The lowest BCUT2D eigenvalue weighted by molar-refractivity contribution is 0.0575. The average molecular weight is 261 g/mol. The van der Waals surface area contributed by atoms with Gasteiger partial charge in [-0.05, 0) is 33.4 Å². The van der Waals surface area contributed by atoms with Gasteiger partial charge in [0.1, 0.15) is 0 Å². The van der Waals surface area contributed by atoms with Crippen LogP contribution in [0.25, 0.3) is 0 Å². The summed E-state index contributed by atoms with van der Waals surface area (Å²) < 4.78 is 0. The molecule has 1 heterocycles. The summed E-state index contributed by atoms with van der Waals surface area (Å²) in [7, 11) is 2.19. The molecule has 0 saturated carbocycles. The maximum absolute atomic E-state index is 6.46. The third-order valence-electron chi connectivity index (χ3n) is 4.39. The summed E-state index contributed by atoms with van der Waals surface area (Å²) in [6, 6.07) is 9.67. The molecule has 3 unspecified atom stereocenters. The summed E-state index contributed by atoms with van der Waals surface area (Å²) in [5, 5.41) is 0. The zero-order valence-electron chi connectivity index (χ0n) is 12.6. The molecule has 2 rings (SSSR count). The van der Waals surface area contributed by atoms with Crippen LogP contribution in [0.1, 0.15) is 31.0 Å². The van der Waals surface area contributed by atoms with E-state index in [1.54, 1.807) is 0 Å². The molecule has 0 radical (unpaired) electrons. The minimum atomic E-state index is 0.0893. The summed E-state index contributed by atoms with van der Waals surface area (Å²) in [6.45, 7) is 10.0. The summed E-state index contributed by atoms with van der Waals surface area (Å²) in [6.07, 6.45) is 0. The first kappa shape index (κ1) is 14.5. The molecular formula is C16H27N3. The standard InChI is InChI=1S/C16H27N3/c1-12-5-7-15(8-6-12)16(17)14(3)19-10-9-18(4)11-13(19)2/h5-8,13-14,16H,9-11,17H2,1-4H3. The topological polar surface area (TPSA) is 32.5 Å². The Balaban J connectivity index is 2.06. The summed E-state index contributed by atoms with van der Waals surface area (Å²) in [5.41, 5.74) is 8.99. The van der Waals surface area contributed by atoms with E-state index in [1.807, 2.05) is 0 Å². The van der Waals surface area contributed by atoms with E-state index in [4.69, 9.17) is 5.73 Å². The largest absolute Gasteiger partial charge is 0.323 e. The maximum atomic E-state index is 6.46. The Morgan fingerprint density at radius 1 is 1.21 bits per heavy atom. The summed E-state index contributed by atoms with van der Waals surface area (Å²) in [4.78, 5) is 4.94. The fourth-order valence-electron chi connectivity index (χ4n) is 3.03. The number of nitrogens with zero attached hydrogens (tertiary/aromatic N) is 2. The van der Waals surface area contributed by atoms with Gasteiger partial charge in [-0.2, -0.15) is 0 Å². The number of hydrogen-bond acceptors (Lipinski definition) is 3. The van der Waals surface area contributed by atoms with Gasteiger partial charge in [-0.3, -0.25) is 4.90 Å². The van der Waals surface area contributed by atoms with Crippen LogP contribution in [-0.4, -0.2) is 48.6 Å². The Morgan fingerprint density at radius 2 is 1.84 bits per heavy atom. The van der Waals surface area contributed by atoms with Crippen molar-refractivity contribution in [3.05, 3.63) is 35.4 Å². The van der Waals surface area contributed by atoms with Gasteiger partial charge in [-0.25, -0.2) is 0 Å². The van der Waals surface area contributed by atoms with E-state index in [9.17, 15) is 0 Å². The van der Waals surface area contributed by atoms with E-state index >= 15 is 0 Å². The second kappa shape index (κ2) is 6.04. The smallest absolute Gasteiger partial charge is 0.0450 e. The zero-order valence-corrected chi connectivity index (χ0v) is 12.6. The van der Waals surface area contributed by atoms with Crippen LogP contribution in [0.2, 0.25) is 0 Å². The van der Waals surface area contributed by atoms with Crippen molar-refractivity contribution in [1.82, 2.24) is 9.80 Å². The second-order valence-electron chi connectivity index (χ2n) is 6.03. The van der Waals surface area contributed by atoms with Crippen molar-refractivity contribution in [2.45, 2.75) is 38.9 Å². The van der Waals surface area contributed by atoms with Gasteiger partial charge in [-0.1, -0.05) is 29.8 Å². The van der Waals surface area contributed by atoms with Gasteiger partial charge in [0.15, 0.2) is 0 Å². The van der Waals surface area contributed by atoms with Crippen molar-refractivity contribution in [2.24, 2.45) is 5.73 Å². The average Bonchev–Trinajstić information content (AvgIpc) is 2.38. The molecule has 3 nitrogen and oxygen atoms in total. The van der Waals surface area contributed by atoms with Gasteiger partial charge >= 0.3 is 0 Å². The number of nitrogens with two attached hydrogens (primary N) is 1. The van der Waals surface area contributed by atoms with Crippen molar-refractivity contribution >= 4 is 0 Å². The van der Waals surface area contributed by atoms with Crippen LogP contribution in [0.4, 0.5) is 0 Å². The molecule has 3 atom stereocenters. The predicted molar refractivity (Wildman–Crippen MR) is 81.2 cm³/mol. The Bertz CT molecular complexity index is 401. The third kappa shape index (κ3) is 3.35. The first-order valence-corrected chi connectivity index (χ1v) is 7.25. The fourth-order valence-corrected chi connectivity index (χ4v) is 3.03. The van der Waals surface area contributed by atoms with Crippen LogP contribution in [0, 0.1) is 6.92 Å². The number of hydrogen-bond donors (Lipinski definition) is 1. The number of rotatable bonds is 3. The molecule has 3 heteroatoms. The minimum Gasteiger partial charge on any atom is -0.323 e. The Kier molecular flexibility index (Phi) is 4.61. The molecule has 0 aromatic heterocycles. The molecular weight excluding hydrogens is 234 g/mol. The molecule has 2 N–H and O–H groups in total. The highest BCUT2D eigenvalue weighted by Gasteiger charge is 2.29. The molecule has 0 aliphatic carbocycles. The van der Waals surface area contributed by atoms with E-state index in [1.165, 1.54) is 11.1 Å². The highest BCUT2D eigenvalue weighted by atomic mass is 15.3. The van der Waals surface area contributed by atoms with E-state index in [2.05, 4.69) is 61.9 Å². The number of aryl methyl sites for hydroxylation is 1. The van der Waals surface area contributed by atoms with Crippen molar-refractivity contribution in [3.63, 3.8) is 0 Å². The lowest BCUT2D eigenvalue weighted by Gasteiger charge is -2.43. The molecule has 0 bridgehead atoms. The Labute approximate surface area is 117 Å². The lowest BCUT2D eigenvalue weighted by atomic mass is 9.97. The normalized spacial score (nSPS) is 25.2. The molecule has 1 aliphatic rings. The maximum Gasteiger partial charge on any atom is 0.0450 e. The van der Waals surface area contributed by atoms with Crippen LogP contribution in [0.15, 0.2) is 24.3 Å². The molecule has 19 heavy (non-hydrogen) atoms. The SMILES string of the molecule is Cc1ccc(C(N)C(C)N2CCN(C)CC2C)cc1. The van der Waals surface area contributed by atoms with Gasteiger partial charge < -0.3 is 10.6 Å². The number of likely N-dealkylation sites (N-methyl/N-ethyl adjacent to an activating group) is 1. The first-order chi connectivity index (χ1) is 8.99. The van der Waals surface area contributed by atoms with Crippen molar-refractivity contribution < 1.29 is 0 Å². The van der Waals surface area contributed by atoms with Gasteiger partial charge in [0.2, 0.25) is 0 Å². The van der Waals surface area contributed by atoms with Crippen LogP contribution in [0.5, 0.6) is 0 Å². The second-order valence-corrected chi connectivity index (χ2v) is 6.03. The van der Waals surface area contributed by atoms with Crippen molar-refractivity contribution in [2.75, 3.05) is 26.7 Å². The molecule has 1 saturated heterocycles. The fraction of sp³-hybridized carbons (Fsp3) is 0.625. The molecule has 0 spiro atoms. The van der Waals surface area contributed by atoms with Crippen molar-refractivity contribution in [3.8, 4) is 0 Å². The predicted octanol–water partition coefficient (Wildman–Crippen LogP) is 2.02. The Hall–Kier alpha value is -0.900. The van der Waals surface area contributed by atoms with Gasteiger partial charge in [0, 0.05) is 37.8 Å². The van der Waals surface area contributed by atoms with E-state index in [-0.39, 0.29) is 6.04 Å². The Morgan fingerprint density at radius 3 is 2.42 bits per heavy atom. The lowest BCUT2D eigenvalue weighted by Crippen LogP contribution is -2.55. The highest BCUT2D eigenvalue weighted by molar-refractivity contribution is 5.25. The van der Waals surface area contributed by atoms with E-state index in [0.717, 1.165) is 19.6 Å². The molecule has 1 aliphatic heterocycles. The van der Waals surface area contributed by atoms with Crippen molar-refractivity contribution in [1.29, 1.82) is 0 Å². The van der Waals surface area contributed by atoms with E-state index in [0.29, 0.717) is 12.1 Å². The first-order valence-electron chi connectivity index (χ1n) is 7.25. The highest BCUT2D eigenvalue weighted by Crippen LogP contribution is 2.22. The zero-order chi connectivity index (χ0) is 14.0. The molecule has 106 valence electrons. The van der Waals surface area contributed by atoms with Crippen LogP contribution in [0.3, 0.4) is 0 Å². The quantitative estimate of drug-likeness (QED) is 0.903. The van der Waals surface area contributed by atoms with Crippen LogP contribution < -0.4 is 5.73 Å². The molecule has 1 aromatic carbocycles. The van der Waals surface area contributed by atoms with Gasteiger partial charge in [0.25, 0.3) is 0 Å². The summed E-state index contributed by atoms with van der Waals surface area (Å²) in [5.74, 6) is 0. The monoisotopic (exact) mass is 261 g/mol.